The Morgan fingerprint density at radius 3 is 2.21 bits per heavy atom. The number of ether oxygens (including phenoxy) is 2. The number of benzene rings is 1. The molecule has 29 heavy (non-hydrogen) atoms. The third kappa shape index (κ3) is 4.31. The Hall–Kier alpha value is -2.77. The molecule has 1 aliphatic rings. The van der Waals surface area contributed by atoms with Gasteiger partial charge in [0.2, 0.25) is 6.04 Å². The highest BCUT2D eigenvalue weighted by Crippen LogP contribution is 2.55. The minimum Gasteiger partial charge on any atom is -0.466 e. The third-order valence-electron chi connectivity index (χ3n) is 5.62. The first-order valence-corrected chi connectivity index (χ1v) is 9.72. The van der Waals surface area contributed by atoms with Crippen molar-refractivity contribution in [2.45, 2.75) is 52.5 Å². The fourth-order valence-corrected chi connectivity index (χ4v) is 4.38. The van der Waals surface area contributed by atoms with Crippen molar-refractivity contribution in [3.05, 3.63) is 45.5 Å². The van der Waals surface area contributed by atoms with E-state index in [1.165, 1.54) is 6.92 Å². The first-order valence-electron chi connectivity index (χ1n) is 9.72. The van der Waals surface area contributed by atoms with Crippen molar-refractivity contribution in [1.82, 2.24) is 0 Å². The number of hydrogen-bond acceptors (Lipinski definition) is 7. The van der Waals surface area contributed by atoms with Crippen molar-refractivity contribution in [1.29, 1.82) is 0 Å². The van der Waals surface area contributed by atoms with Gasteiger partial charge in [-0.15, -0.1) is 0 Å². The molecular weight excluding hydrogens is 378 g/mol. The van der Waals surface area contributed by atoms with Crippen LogP contribution < -0.4 is 0 Å². The van der Waals surface area contributed by atoms with Crippen molar-refractivity contribution in [3.63, 3.8) is 0 Å². The highest BCUT2D eigenvalue weighted by atomic mass is 16.6. The Morgan fingerprint density at radius 2 is 1.72 bits per heavy atom. The minimum absolute atomic E-state index is 0.0418. The van der Waals surface area contributed by atoms with E-state index in [2.05, 4.69) is 0 Å². The summed E-state index contributed by atoms with van der Waals surface area (Å²) in [6.45, 7) is 6.57. The fraction of sp³-hybridized carbons (Fsp3) is 0.571. The van der Waals surface area contributed by atoms with Crippen LogP contribution in [-0.4, -0.2) is 41.9 Å². The van der Waals surface area contributed by atoms with E-state index in [1.807, 2.05) is 6.92 Å². The molecule has 8 heteroatoms. The van der Waals surface area contributed by atoms with Gasteiger partial charge in [-0.3, -0.25) is 24.5 Å². The molecular formula is C21H27NO7. The number of hydrogen-bond donors (Lipinski definition) is 0. The highest BCUT2D eigenvalue weighted by Gasteiger charge is 2.66. The number of rotatable bonds is 8. The largest absolute Gasteiger partial charge is 0.466 e. The van der Waals surface area contributed by atoms with Gasteiger partial charge < -0.3 is 9.47 Å². The van der Waals surface area contributed by atoms with Crippen LogP contribution in [0.1, 0.15) is 50.7 Å². The lowest BCUT2D eigenvalue weighted by atomic mass is 9.70. The molecule has 0 saturated heterocycles. The van der Waals surface area contributed by atoms with E-state index in [-0.39, 0.29) is 26.1 Å². The van der Waals surface area contributed by atoms with Crippen LogP contribution in [0, 0.1) is 28.4 Å². The van der Waals surface area contributed by atoms with Crippen LogP contribution in [0.15, 0.2) is 24.3 Å². The highest BCUT2D eigenvalue weighted by molar-refractivity contribution is 6.04. The van der Waals surface area contributed by atoms with E-state index >= 15 is 0 Å². The maximum Gasteiger partial charge on any atom is 0.320 e. The quantitative estimate of drug-likeness (QED) is 0.283. The van der Waals surface area contributed by atoms with Crippen LogP contribution in [0.2, 0.25) is 0 Å². The van der Waals surface area contributed by atoms with Gasteiger partial charge in [-0.1, -0.05) is 29.8 Å². The zero-order valence-corrected chi connectivity index (χ0v) is 17.2. The van der Waals surface area contributed by atoms with Crippen LogP contribution in [-0.2, 0) is 23.9 Å². The summed E-state index contributed by atoms with van der Waals surface area (Å²) in [6, 6.07) is 5.65. The smallest absolute Gasteiger partial charge is 0.320 e. The van der Waals surface area contributed by atoms with Crippen molar-refractivity contribution < 1.29 is 28.8 Å². The number of nitro groups is 1. The molecule has 8 nitrogen and oxygen atoms in total. The lowest BCUT2D eigenvalue weighted by molar-refractivity contribution is -0.532. The van der Waals surface area contributed by atoms with E-state index in [4.69, 9.17) is 9.47 Å². The van der Waals surface area contributed by atoms with Gasteiger partial charge in [0.05, 0.1) is 25.6 Å². The number of carbonyl (C=O) groups excluding carboxylic acids is 3. The summed E-state index contributed by atoms with van der Waals surface area (Å²) >= 11 is 0. The van der Waals surface area contributed by atoms with Crippen LogP contribution in [0.5, 0.6) is 0 Å². The number of ketones is 1. The fourth-order valence-electron chi connectivity index (χ4n) is 4.38. The second kappa shape index (κ2) is 9.15. The van der Waals surface area contributed by atoms with Crippen molar-refractivity contribution in [2.75, 3.05) is 13.2 Å². The van der Waals surface area contributed by atoms with Crippen LogP contribution >= 0.6 is 0 Å². The zero-order chi connectivity index (χ0) is 21.8. The van der Waals surface area contributed by atoms with Crippen molar-refractivity contribution >= 4 is 17.7 Å². The number of esters is 2. The Bertz CT molecular complexity index is 789. The summed E-state index contributed by atoms with van der Waals surface area (Å²) in [5.41, 5.74) is -0.274. The number of aryl methyl sites for hydroxylation is 1. The topological polar surface area (TPSA) is 113 Å². The van der Waals surface area contributed by atoms with Gasteiger partial charge in [0.1, 0.15) is 11.2 Å². The average molecular weight is 405 g/mol. The van der Waals surface area contributed by atoms with Gasteiger partial charge in [0, 0.05) is 10.8 Å². The predicted octanol–water partition coefficient (Wildman–Crippen LogP) is 2.84. The second-order valence-electron chi connectivity index (χ2n) is 7.39. The first kappa shape index (κ1) is 22.5. The molecule has 0 amide bonds. The molecule has 1 aromatic rings. The van der Waals surface area contributed by atoms with Gasteiger partial charge in [-0.05, 0) is 39.7 Å². The summed E-state index contributed by atoms with van der Waals surface area (Å²) in [7, 11) is 0. The Morgan fingerprint density at radius 1 is 1.14 bits per heavy atom. The molecule has 0 N–H and O–H groups in total. The number of Topliss-reactive ketones (excluding diaryl/α,β-unsaturated/α-hetero) is 1. The van der Waals surface area contributed by atoms with E-state index in [9.17, 15) is 24.5 Å². The molecule has 0 spiro atoms. The average Bonchev–Trinajstić information content (AvgIpc) is 2.99. The van der Waals surface area contributed by atoms with Gasteiger partial charge in [-0.25, -0.2) is 0 Å². The molecule has 2 rings (SSSR count). The van der Waals surface area contributed by atoms with E-state index < -0.39 is 45.9 Å². The molecule has 1 saturated carbocycles. The third-order valence-corrected chi connectivity index (χ3v) is 5.62. The van der Waals surface area contributed by atoms with Gasteiger partial charge in [0.25, 0.3) is 0 Å². The van der Waals surface area contributed by atoms with Gasteiger partial charge >= 0.3 is 11.9 Å². The molecule has 0 aliphatic heterocycles. The number of nitrogens with zero attached hydrogens (tertiary/aromatic N) is 1. The van der Waals surface area contributed by atoms with Crippen molar-refractivity contribution in [3.8, 4) is 0 Å². The maximum absolute atomic E-state index is 13.0. The van der Waals surface area contributed by atoms with E-state index in [0.717, 1.165) is 5.56 Å². The molecule has 0 aromatic heterocycles. The Kier molecular flexibility index (Phi) is 7.11. The Balaban J connectivity index is 2.65. The molecule has 4 atom stereocenters. The maximum atomic E-state index is 13.0. The summed E-state index contributed by atoms with van der Waals surface area (Å²) in [6.07, 6.45) is -0.375. The molecule has 1 aliphatic carbocycles. The lowest BCUT2D eigenvalue weighted by Crippen LogP contribution is -2.44. The van der Waals surface area contributed by atoms with Crippen molar-refractivity contribution in [2.24, 2.45) is 11.3 Å². The normalized spacial score (nSPS) is 26.0. The molecule has 0 unspecified atom stereocenters. The number of carbonyl (C=O) groups is 3. The molecule has 0 bridgehead atoms. The van der Waals surface area contributed by atoms with Crippen LogP contribution in [0.25, 0.3) is 0 Å². The molecule has 1 fully saturated rings. The monoisotopic (exact) mass is 405 g/mol. The predicted molar refractivity (Wildman–Crippen MR) is 104 cm³/mol. The molecule has 0 heterocycles. The lowest BCUT2D eigenvalue weighted by Gasteiger charge is -2.30. The van der Waals surface area contributed by atoms with Gasteiger partial charge in [-0.2, -0.15) is 0 Å². The summed E-state index contributed by atoms with van der Waals surface area (Å²) in [5, 5.41) is 12.1. The van der Waals surface area contributed by atoms with Crippen LogP contribution in [0.4, 0.5) is 0 Å². The molecule has 1 aromatic carbocycles. The molecule has 0 radical (unpaired) electrons. The van der Waals surface area contributed by atoms with Gasteiger partial charge in [0.15, 0.2) is 0 Å². The summed E-state index contributed by atoms with van der Waals surface area (Å²) in [4.78, 5) is 49.5. The van der Waals surface area contributed by atoms with E-state index in [1.54, 1.807) is 38.1 Å². The SMILES string of the molecule is CCOC(=O)C[C@@H]1C[C@@](C(C)=O)(C(=O)OCC)[C@@H](c2ccc(C)cc2)[C@@H]1[N+](=O)[O-]. The molecule has 158 valence electrons. The standard InChI is InChI=1S/C21H27NO7/c1-5-28-17(24)11-16-12-21(14(4)23,20(25)29-6-2)18(19(16)22(26)27)15-9-7-13(3)8-10-15/h7-10,16,18-19H,5-6,11-12H2,1-4H3/t16-,18+,19-,21+/m1/s1. The first-order chi connectivity index (χ1) is 13.7. The second-order valence-corrected chi connectivity index (χ2v) is 7.39. The summed E-state index contributed by atoms with van der Waals surface area (Å²) < 4.78 is 10.2. The van der Waals surface area contributed by atoms with E-state index in [0.29, 0.717) is 5.56 Å². The Labute approximate surface area is 169 Å². The van der Waals surface area contributed by atoms with Crippen LogP contribution in [0.3, 0.4) is 0 Å². The zero-order valence-electron chi connectivity index (χ0n) is 17.2. The minimum atomic E-state index is -1.72. The summed E-state index contributed by atoms with van der Waals surface area (Å²) in [5.74, 6) is -3.73.